The minimum atomic E-state index is 0.259. The second-order valence-electron chi connectivity index (χ2n) is 11.5. The first-order valence-electron chi connectivity index (χ1n) is 10.6. The van der Waals surface area contributed by atoms with E-state index in [4.69, 9.17) is 0 Å². The Morgan fingerprint density at radius 3 is 1.04 bits per heavy atom. The Morgan fingerprint density at radius 2 is 0.808 bits per heavy atom. The molecule has 2 aliphatic heterocycles. The van der Waals surface area contributed by atoms with Gasteiger partial charge in [0.05, 0.1) is 0 Å². The van der Waals surface area contributed by atoms with Crippen LogP contribution in [0.25, 0.3) is 0 Å². The highest BCUT2D eigenvalue weighted by Gasteiger charge is 2.44. The van der Waals surface area contributed by atoms with Crippen LogP contribution in [0.1, 0.15) is 81.1 Å². The zero-order valence-electron chi connectivity index (χ0n) is 19.3. The molecule has 0 radical (unpaired) electrons. The van der Waals surface area contributed by atoms with Crippen LogP contribution < -0.4 is 10.6 Å². The molecule has 2 aliphatic rings. The first-order chi connectivity index (χ1) is 11.7. The smallest absolute Gasteiger partial charge is 0.0170 e. The van der Waals surface area contributed by atoms with E-state index in [-0.39, 0.29) is 22.2 Å². The molecule has 2 fully saturated rings. The lowest BCUT2D eigenvalue weighted by atomic mass is 9.77. The highest BCUT2D eigenvalue weighted by molar-refractivity contribution is 5.02. The molecule has 0 aliphatic carbocycles. The van der Waals surface area contributed by atoms with Crippen molar-refractivity contribution in [1.82, 2.24) is 20.4 Å². The quantitative estimate of drug-likeness (QED) is 0.730. The van der Waals surface area contributed by atoms with Crippen LogP contribution in [0.5, 0.6) is 0 Å². The fraction of sp³-hybridized carbons (Fsp3) is 1.00. The number of nitrogens with zero attached hydrogens (tertiary/aromatic N) is 2. The van der Waals surface area contributed by atoms with Crippen LogP contribution in [0.2, 0.25) is 0 Å². The number of hydrogen-bond donors (Lipinski definition) is 2. The monoisotopic (exact) mass is 366 g/mol. The van der Waals surface area contributed by atoms with Crippen molar-refractivity contribution >= 4 is 0 Å². The van der Waals surface area contributed by atoms with E-state index in [0.29, 0.717) is 12.1 Å². The largest absolute Gasteiger partial charge is 0.313 e. The van der Waals surface area contributed by atoms with Gasteiger partial charge in [0.15, 0.2) is 0 Å². The fourth-order valence-electron chi connectivity index (χ4n) is 5.58. The molecule has 0 aromatic heterocycles. The zero-order valence-corrected chi connectivity index (χ0v) is 19.3. The van der Waals surface area contributed by atoms with Gasteiger partial charge in [0.25, 0.3) is 0 Å². The van der Waals surface area contributed by atoms with Gasteiger partial charge in [-0.1, -0.05) is 0 Å². The lowest BCUT2D eigenvalue weighted by Gasteiger charge is -2.54. The summed E-state index contributed by atoms with van der Waals surface area (Å²) in [7, 11) is 4.56. The Bertz CT molecular complexity index is 401. The average Bonchev–Trinajstić information content (AvgIpc) is 2.45. The van der Waals surface area contributed by atoms with E-state index in [1.807, 2.05) is 0 Å². The molecule has 4 heteroatoms. The molecular formula is C22H46N4. The lowest BCUT2D eigenvalue weighted by molar-refractivity contribution is -0.0208. The Hall–Kier alpha value is -0.160. The van der Waals surface area contributed by atoms with Crippen LogP contribution in [-0.4, -0.2) is 71.2 Å². The summed E-state index contributed by atoms with van der Waals surface area (Å²) in [6.07, 6.45) is 4.89. The van der Waals surface area contributed by atoms with Crippen molar-refractivity contribution in [3.8, 4) is 0 Å². The number of piperidine rings is 2. The summed E-state index contributed by atoms with van der Waals surface area (Å²) in [6.45, 7) is 21.2. The highest BCUT2D eigenvalue weighted by Crippen LogP contribution is 2.37. The van der Waals surface area contributed by atoms with Gasteiger partial charge >= 0.3 is 0 Å². The first-order valence-corrected chi connectivity index (χ1v) is 10.6. The standard InChI is InChI=1S/C22H46N4/c1-19(2)13-17(14-20(3,4)25(19)9)23-11-12-24-18-15-21(5,6)26(10)22(7,8)16-18/h17-18,23-24H,11-16H2,1-10H3. The van der Waals surface area contributed by atoms with E-state index in [9.17, 15) is 0 Å². The average molecular weight is 367 g/mol. The Morgan fingerprint density at radius 1 is 0.577 bits per heavy atom. The molecule has 0 amide bonds. The number of rotatable bonds is 5. The summed E-state index contributed by atoms with van der Waals surface area (Å²) in [6, 6.07) is 1.23. The molecule has 26 heavy (non-hydrogen) atoms. The van der Waals surface area contributed by atoms with E-state index in [1.54, 1.807) is 0 Å². The van der Waals surface area contributed by atoms with Gasteiger partial charge in [0, 0.05) is 47.3 Å². The second-order valence-corrected chi connectivity index (χ2v) is 11.5. The number of nitrogens with one attached hydrogen (secondary N) is 2. The maximum absolute atomic E-state index is 3.84. The molecule has 2 heterocycles. The molecule has 154 valence electrons. The Kier molecular flexibility index (Phi) is 6.25. The van der Waals surface area contributed by atoms with E-state index in [1.165, 1.54) is 25.7 Å². The van der Waals surface area contributed by atoms with E-state index >= 15 is 0 Å². The van der Waals surface area contributed by atoms with Gasteiger partial charge in [0.1, 0.15) is 0 Å². The number of likely N-dealkylation sites (tertiary alicyclic amines) is 2. The SMILES string of the molecule is CN1C(C)(C)CC(NCCNC2CC(C)(C)N(C)C(C)(C)C2)CC1(C)C. The molecule has 2 saturated heterocycles. The fourth-order valence-corrected chi connectivity index (χ4v) is 5.58. The van der Waals surface area contributed by atoms with Crippen molar-refractivity contribution in [2.75, 3.05) is 27.2 Å². The minimum absolute atomic E-state index is 0.259. The molecular weight excluding hydrogens is 320 g/mol. The third kappa shape index (κ3) is 4.81. The van der Waals surface area contributed by atoms with Crippen LogP contribution in [0.15, 0.2) is 0 Å². The molecule has 0 spiro atoms. The Balaban J connectivity index is 1.80. The maximum Gasteiger partial charge on any atom is 0.0170 e. The van der Waals surface area contributed by atoms with Gasteiger partial charge in [-0.05, 0) is 95.2 Å². The van der Waals surface area contributed by atoms with Crippen molar-refractivity contribution in [3.05, 3.63) is 0 Å². The second kappa shape index (κ2) is 7.35. The summed E-state index contributed by atoms with van der Waals surface area (Å²) in [5.74, 6) is 0. The third-order valence-electron chi connectivity index (χ3n) is 7.61. The Labute approximate surface area is 163 Å². The van der Waals surface area contributed by atoms with Crippen molar-refractivity contribution in [2.45, 2.75) is 115 Å². The van der Waals surface area contributed by atoms with E-state index < -0.39 is 0 Å². The molecule has 0 aromatic carbocycles. The maximum atomic E-state index is 3.84. The predicted molar refractivity (Wildman–Crippen MR) is 114 cm³/mol. The molecule has 0 unspecified atom stereocenters. The normalized spacial score (nSPS) is 29.8. The van der Waals surface area contributed by atoms with Gasteiger partial charge in [-0.15, -0.1) is 0 Å². The third-order valence-corrected chi connectivity index (χ3v) is 7.61. The van der Waals surface area contributed by atoms with Crippen LogP contribution in [0.3, 0.4) is 0 Å². The highest BCUT2D eigenvalue weighted by atomic mass is 15.3. The van der Waals surface area contributed by atoms with Gasteiger partial charge in [-0.25, -0.2) is 0 Å². The van der Waals surface area contributed by atoms with E-state index in [0.717, 1.165) is 13.1 Å². The van der Waals surface area contributed by atoms with Gasteiger partial charge < -0.3 is 10.6 Å². The van der Waals surface area contributed by atoms with E-state index in [2.05, 4.69) is 89.9 Å². The van der Waals surface area contributed by atoms with Gasteiger partial charge in [-0.3, -0.25) is 9.80 Å². The van der Waals surface area contributed by atoms with Crippen LogP contribution >= 0.6 is 0 Å². The predicted octanol–water partition coefficient (Wildman–Crippen LogP) is 3.47. The summed E-state index contributed by atoms with van der Waals surface area (Å²) >= 11 is 0. The molecule has 0 atom stereocenters. The summed E-state index contributed by atoms with van der Waals surface area (Å²) < 4.78 is 0. The van der Waals surface area contributed by atoms with Crippen molar-refractivity contribution in [2.24, 2.45) is 0 Å². The molecule has 4 nitrogen and oxygen atoms in total. The van der Waals surface area contributed by atoms with Crippen molar-refractivity contribution in [3.63, 3.8) is 0 Å². The minimum Gasteiger partial charge on any atom is -0.313 e. The van der Waals surface area contributed by atoms with Crippen molar-refractivity contribution in [1.29, 1.82) is 0 Å². The molecule has 2 rings (SSSR count). The van der Waals surface area contributed by atoms with Crippen LogP contribution in [-0.2, 0) is 0 Å². The van der Waals surface area contributed by atoms with Crippen LogP contribution in [0.4, 0.5) is 0 Å². The molecule has 0 bridgehead atoms. The van der Waals surface area contributed by atoms with Gasteiger partial charge in [-0.2, -0.15) is 0 Å². The van der Waals surface area contributed by atoms with Crippen molar-refractivity contribution < 1.29 is 0 Å². The lowest BCUT2D eigenvalue weighted by Crippen LogP contribution is -2.63. The molecule has 2 N–H and O–H groups in total. The topological polar surface area (TPSA) is 30.5 Å². The molecule has 0 saturated carbocycles. The summed E-state index contributed by atoms with van der Waals surface area (Å²) in [4.78, 5) is 5.11. The zero-order chi connectivity index (χ0) is 20.0. The van der Waals surface area contributed by atoms with Crippen LogP contribution in [0, 0.1) is 0 Å². The summed E-state index contributed by atoms with van der Waals surface area (Å²) in [5.41, 5.74) is 1.04. The molecule has 0 aromatic rings. The summed E-state index contributed by atoms with van der Waals surface area (Å²) in [5, 5.41) is 7.69. The van der Waals surface area contributed by atoms with Gasteiger partial charge in [0.2, 0.25) is 0 Å². The first kappa shape index (κ1) is 22.1. The number of hydrogen-bond acceptors (Lipinski definition) is 4.